The molecule has 8 heteroatoms. The lowest BCUT2D eigenvalue weighted by Crippen LogP contribution is -2.34. The van der Waals surface area contributed by atoms with Gasteiger partial charge in [0, 0.05) is 25.2 Å². The van der Waals surface area contributed by atoms with Crippen molar-refractivity contribution in [3.8, 4) is 0 Å². The summed E-state index contributed by atoms with van der Waals surface area (Å²) in [6.07, 6.45) is -0.0672. The Hall–Kier alpha value is -2.09. The third kappa shape index (κ3) is 2.34. The molecule has 1 aliphatic rings. The number of nitrogens with zero attached hydrogens (tertiary/aromatic N) is 1. The number of rotatable bonds is 4. The zero-order valence-corrected chi connectivity index (χ0v) is 11.7. The molecule has 2 rings (SSSR count). The summed E-state index contributed by atoms with van der Waals surface area (Å²) >= 11 is 0. The van der Waals surface area contributed by atoms with Crippen LogP contribution in [0.15, 0.2) is 23.1 Å². The maximum absolute atomic E-state index is 12.2. The quantitative estimate of drug-likeness (QED) is 0.757. The molecule has 0 fully saturated rings. The van der Waals surface area contributed by atoms with Crippen LogP contribution in [0.4, 0.5) is 5.69 Å². The van der Waals surface area contributed by atoms with Gasteiger partial charge in [0.1, 0.15) is 4.90 Å². The van der Waals surface area contributed by atoms with Gasteiger partial charge in [-0.1, -0.05) is 0 Å². The van der Waals surface area contributed by atoms with Gasteiger partial charge in [-0.3, -0.25) is 9.59 Å². The first-order chi connectivity index (χ1) is 9.37. The molecule has 0 atom stereocenters. The first-order valence-electron chi connectivity index (χ1n) is 6.11. The Morgan fingerprint density at radius 1 is 1.40 bits per heavy atom. The van der Waals surface area contributed by atoms with E-state index in [1.165, 1.54) is 18.2 Å². The van der Waals surface area contributed by atoms with E-state index >= 15 is 0 Å². The van der Waals surface area contributed by atoms with Gasteiger partial charge in [0.05, 0.1) is 5.56 Å². The lowest BCUT2D eigenvalue weighted by molar-refractivity contribution is -0.121. The van der Waals surface area contributed by atoms with E-state index < -0.39 is 15.9 Å². The van der Waals surface area contributed by atoms with Crippen LogP contribution < -0.4 is 11.1 Å². The molecule has 0 spiro atoms. The summed E-state index contributed by atoms with van der Waals surface area (Å²) in [5.41, 5.74) is 5.93. The topological polar surface area (TPSA) is 110 Å². The third-order valence-electron chi connectivity index (χ3n) is 2.94. The van der Waals surface area contributed by atoms with Crippen molar-refractivity contribution in [3.63, 3.8) is 0 Å². The van der Waals surface area contributed by atoms with Gasteiger partial charge >= 0.3 is 0 Å². The third-order valence-corrected chi connectivity index (χ3v) is 4.78. The number of carbonyl (C=O) groups excluding carboxylic acids is 2. The van der Waals surface area contributed by atoms with Gasteiger partial charge < -0.3 is 11.1 Å². The summed E-state index contributed by atoms with van der Waals surface area (Å²) in [6.45, 7) is 2.03. The van der Waals surface area contributed by atoms with E-state index in [1.807, 2.05) is 0 Å². The van der Waals surface area contributed by atoms with Crippen LogP contribution in [-0.2, 0) is 14.8 Å². The molecule has 0 saturated carbocycles. The molecule has 0 bridgehead atoms. The van der Waals surface area contributed by atoms with Crippen molar-refractivity contribution in [2.75, 3.05) is 18.8 Å². The van der Waals surface area contributed by atoms with Crippen LogP contribution in [0.3, 0.4) is 0 Å². The normalized spacial score (nSPS) is 16.1. The maximum atomic E-state index is 12.2. The first-order valence-corrected chi connectivity index (χ1v) is 7.55. The van der Waals surface area contributed by atoms with E-state index in [-0.39, 0.29) is 29.3 Å². The Morgan fingerprint density at radius 2 is 2.10 bits per heavy atom. The van der Waals surface area contributed by atoms with Crippen molar-refractivity contribution in [3.05, 3.63) is 23.8 Å². The molecule has 108 valence electrons. The molecule has 1 heterocycles. The summed E-state index contributed by atoms with van der Waals surface area (Å²) in [5.74, 6) is -0.942. The number of benzene rings is 1. The fraction of sp³-hybridized carbons (Fsp3) is 0.333. The maximum Gasteiger partial charge on any atom is 0.269 e. The molecule has 3 N–H and O–H groups in total. The van der Waals surface area contributed by atoms with Crippen LogP contribution in [0.1, 0.15) is 23.7 Å². The molecule has 0 unspecified atom stereocenters. The lowest BCUT2D eigenvalue weighted by Gasteiger charge is -2.14. The van der Waals surface area contributed by atoms with Gasteiger partial charge in [-0.15, -0.1) is 0 Å². The van der Waals surface area contributed by atoms with E-state index in [2.05, 4.69) is 5.32 Å². The molecule has 7 nitrogen and oxygen atoms in total. The van der Waals surface area contributed by atoms with Crippen molar-refractivity contribution in [2.24, 2.45) is 0 Å². The second kappa shape index (κ2) is 5.12. The Bertz CT molecular complexity index is 669. The predicted octanol–water partition coefficient (Wildman–Crippen LogP) is -0.0605. The molecule has 0 aliphatic carbocycles. The van der Waals surface area contributed by atoms with Gasteiger partial charge in [0.25, 0.3) is 15.9 Å². The minimum absolute atomic E-state index is 0.0564. The summed E-state index contributed by atoms with van der Waals surface area (Å²) in [4.78, 5) is 23.4. The van der Waals surface area contributed by atoms with Crippen molar-refractivity contribution in [1.29, 1.82) is 0 Å². The second-order valence-corrected chi connectivity index (χ2v) is 6.17. The van der Waals surface area contributed by atoms with Crippen LogP contribution in [0.25, 0.3) is 0 Å². The summed E-state index contributed by atoms with van der Waals surface area (Å²) in [5, 5.41) is 2.55. The molecule has 1 aromatic rings. The number of nitrogens with two attached hydrogens (primary N) is 1. The molecule has 2 amide bonds. The van der Waals surface area contributed by atoms with Crippen LogP contribution in [-0.4, -0.2) is 37.6 Å². The van der Waals surface area contributed by atoms with Crippen molar-refractivity contribution in [1.82, 2.24) is 9.62 Å². The zero-order valence-electron chi connectivity index (χ0n) is 10.9. The van der Waals surface area contributed by atoms with E-state index in [0.717, 1.165) is 0 Å². The van der Waals surface area contributed by atoms with Gasteiger partial charge in [0.2, 0.25) is 5.91 Å². The molecular weight excluding hydrogens is 282 g/mol. The van der Waals surface area contributed by atoms with Crippen molar-refractivity contribution in [2.45, 2.75) is 18.2 Å². The standard InChI is InChI=1S/C12H15N3O4S/c1-2-14-11(16)5-6-15-12(17)9-7-8(13)3-4-10(9)20(15,18)19/h3-4,7H,2,5-6,13H2,1H3,(H,14,16). The minimum Gasteiger partial charge on any atom is -0.399 e. The molecule has 0 aromatic heterocycles. The second-order valence-electron chi connectivity index (χ2n) is 4.34. The summed E-state index contributed by atoms with van der Waals surface area (Å²) in [6, 6.07) is 4.07. The average molecular weight is 297 g/mol. The van der Waals surface area contributed by atoms with Gasteiger partial charge in [-0.25, -0.2) is 12.7 Å². The first kappa shape index (κ1) is 14.3. The Kier molecular flexibility index (Phi) is 3.67. The van der Waals surface area contributed by atoms with Crippen molar-refractivity contribution >= 4 is 27.5 Å². The molecular formula is C12H15N3O4S. The SMILES string of the molecule is CCNC(=O)CCN1C(=O)c2cc(N)ccc2S1(=O)=O. The largest absolute Gasteiger partial charge is 0.399 e. The molecule has 1 aromatic carbocycles. The highest BCUT2D eigenvalue weighted by atomic mass is 32.2. The van der Waals surface area contributed by atoms with E-state index in [4.69, 9.17) is 5.73 Å². The highest BCUT2D eigenvalue weighted by molar-refractivity contribution is 7.90. The molecule has 20 heavy (non-hydrogen) atoms. The highest BCUT2D eigenvalue weighted by Gasteiger charge is 2.41. The number of nitrogens with one attached hydrogen (secondary N) is 1. The Labute approximate surface area is 116 Å². The van der Waals surface area contributed by atoms with E-state index in [0.29, 0.717) is 16.5 Å². The van der Waals surface area contributed by atoms with E-state index in [1.54, 1.807) is 6.92 Å². The number of sulfonamides is 1. The number of fused-ring (bicyclic) bond motifs is 1. The number of hydrogen-bond acceptors (Lipinski definition) is 5. The lowest BCUT2D eigenvalue weighted by atomic mass is 10.2. The van der Waals surface area contributed by atoms with Crippen LogP contribution in [0.2, 0.25) is 0 Å². The average Bonchev–Trinajstić information content (AvgIpc) is 2.55. The Morgan fingerprint density at radius 3 is 2.75 bits per heavy atom. The summed E-state index contributed by atoms with van der Waals surface area (Å²) < 4.78 is 25.1. The predicted molar refractivity (Wildman–Crippen MR) is 72.4 cm³/mol. The summed E-state index contributed by atoms with van der Waals surface area (Å²) in [7, 11) is -3.87. The Balaban J connectivity index is 2.26. The number of nitrogen functional groups attached to an aromatic ring is 1. The smallest absolute Gasteiger partial charge is 0.269 e. The molecule has 0 radical (unpaired) electrons. The zero-order chi connectivity index (χ0) is 14.9. The fourth-order valence-corrected chi connectivity index (χ4v) is 3.56. The van der Waals surface area contributed by atoms with Crippen LogP contribution >= 0.6 is 0 Å². The number of anilines is 1. The van der Waals surface area contributed by atoms with Gasteiger partial charge in [0.15, 0.2) is 0 Å². The van der Waals surface area contributed by atoms with Crippen LogP contribution in [0.5, 0.6) is 0 Å². The van der Waals surface area contributed by atoms with Crippen molar-refractivity contribution < 1.29 is 18.0 Å². The number of amides is 2. The monoisotopic (exact) mass is 297 g/mol. The fourth-order valence-electron chi connectivity index (χ4n) is 2.01. The minimum atomic E-state index is -3.87. The highest BCUT2D eigenvalue weighted by Crippen LogP contribution is 2.31. The number of hydrogen-bond donors (Lipinski definition) is 2. The molecule has 0 saturated heterocycles. The molecule has 1 aliphatic heterocycles. The number of carbonyl (C=O) groups is 2. The van der Waals surface area contributed by atoms with Gasteiger partial charge in [-0.05, 0) is 25.1 Å². The van der Waals surface area contributed by atoms with Gasteiger partial charge in [-0.2, -0.15) is 0 Å². The van der Waals surface area contributed by atoms with Crippen LogP contribution in [0, 0.1) is 0 Å². The van der Waals surface area contributed by atoms with E-state index in [9.17, 15) is 18.0 Å².